The van der Waals surface area contributed by atoms with Gasteiger partial charge in [0, 0.05) is 19.8 Å². The van der Waals surface area contributed by atoms with Crippen LogP contribution in [0.3, 0.4) is 0 Å². The number of rotatable bonds is 12. The molecule has 0 aromatic heterocycles. The maximum atomic E-state index is 10.3. The van der Waals surface area contributed by atoms with E-state index in [4.69, 9.17) is 14.2 Å². The molecule has 22 heavy (non-hydrogen) atoms. The molecule has 0 heterocycles. The van der Waals surface area contributed by atoms with Crippen LogP contribution in [0.5, 0.6) is 0 Å². The summed E-state index contributed by atoms with van der Waals surface area (Å²) in [6.07, 6.45) is 7.30. The Balaban J connectivity index is 2.59. The van der Waals surface area contributed by atoms with Crippen LogP contribution in [0.25, 0.3) is 0 Å². The van der Waals surface area contributed by atoms with Crippen molar-refractivity contribution in [2.75, 3.05) is 19.8 Å². The van der Waals surface area contributed by atoms with Crippen molar-refractivity contribution in [3.63, 3.8) is 0 Å². The van der Waals surface area contributed by atoms with E-state index in [-0.39, 0.29) is 18.3 Å². The molecule has 4 nitrogen and oxygen atoms in total. The number of ether oxygens (including phenoxy) is 3. The largest absolute Gasteiger partial charge is 0.390 e. The smallest absolute Gasteiger partial charge is 0.112 e. The number of hydrogen-bond donors (Lipinski definition) is 1. The SMILES string of the molecule is CCCCOC1C(O)CC[C@@H](OCCCC)C1OCCCC. The van der Waals surface area contributed by atoms with Gasteiger partial charge in [-0.15, -0.1) is 0 Å². The van der Waals surface area contributed by atoms with Gasteiger partial charge in [-0.1, -0.05) is 40.0 Å². The van der Waals surface area contributed by atoms with E-state index < -0.39 is 6.10 Å². The number of hydrogen-bond acceptors (Lipinski definition) is 4. The van der Waals surface area contributed by atoms with Crippen LogP contribution in [-0.2, 0) is 14.2 Å². The first-order valence-corrected chi connectivity index (χ1v) is 9.27. The summed E-state index contributed by atoms with van der Waals surface area (Å²) in [5.74, 6) is 0. The van der Waals surface area contributed by atoms with Gasteiger partial charge in [0.2, 0.25) is 0 Å². The zero-order valence-corrected chi connectivity index (χ0v) is 14.8. The molecule has 0 aliphatic heterocycles. The highest BCUT2D eigenvalue weighted by Gasteiger charge is 2.40. The molecular weight excluding hydrogens is 280 g/mol. The molecule has 0 radical (unpaired) electrons. The summed E-state index contributed by atoms with van der Waals surface area (Å²) in [4.78, 5) is 0. The van der Waals surface area contributed by atoms with E-state index in [0.717, 1.165) is 64.6 Å². The molecule has 4 atom stereocenters. The van der Waals surface area contributed by atoms with Gasteiger partial charge in [-0.3, -0.25) is 0 Å². The molecule has 0 aromatic rings. The lowest BCUT2D eigenvalue weighted by molar-refractivity contribution is -0.192. The van der Waals surface area contributed by atoms with E-state index >= 15 is 0 Å². The van der Waals surface area contributed by atoms with Crippen molar-refractivity contribution in [1.82, 2.24) is 0 Å². The first kappa shape index (κ1) is 19.9. The molecule has 1 aliphatic carbocycles. The van der Waals surface area contributed by atoms with Crippen molar-refractivity contribution in [3.8, 4) is 0 Å². The average Bonchev–Trinajstić information content (AvgIpc) is 2.52. The minimum atomic E-state index is -0.436. The Morgan fingerprint density at radius 2 is 1.23 bits per heavy atom. The van der Waals surface area contributed by atoms with Gasteiger partial charge in [0.1, 0.15) is 12.2 Å². The maximum absolute atomic E-state index is 10.3. The fourth-order valence-corrected chi connectivity index (χ4v) is 2.79. The quantitative estimate of drug-likeness (QED) is 0.558. The second-order valence-corrected chi connectivity index (χ2v) is 6.29. The summed E-state index contributed by atoms with van der Waals surface area (Å²) in [7, 11) is 0. The van der Waals surface area contributed by atoms with E-state index in [1.54, 1.807) is 0 Å². The van der Waals surface area contributed by atoms with Crippen LogP contribution in [0.4, 0.5) is 0 Å². The van der Waals surface area contributed by atoms with Crippen LogP contribution in [0.2, 0.25) is 0 Å². The Hall–Kier alpha value is -0.160. The van der Waals surface area contributed by atoms with Crippen LogP contribution in [0.1, 0.15) is 72.1 Å². The highest BCUT2D eigenvalue weighted by atomic mass is 16.6. The highest BCUT2D eigenvalue weighted by Crippen LogP contribution is 2.28. The molecule has 1 rings (SSSR count). The fraction of sp³-hybridized carbons (Fsp3) is 1.00. The third-order valence-electron chi connectivity index (χ3n) is 4.26. The molecular formula is C18H36O4. The van der Waals surface area contributed by atoms with Crippen LogP contribution in [0.15, 0.2) is 0 Å². The van der Waals surface area contributed by atoms with Gasteiger partial charge in [0.25, 0.3) is 0 Å². The van der Waals surface area contributed by atoms with Gasteiger partial charge in [-0.2, -0.15) is 0 Å². The van der Waals surface area contributed by atoms with Gasteiger partial charge < -0.3 is 19.3 Å². The van der Waals surface area contributed by atoms with Crippen LogP contribution < -0.4 is 0 Å². The highest BCUT2D eigenvalue weighted by molar-refractivity contribution is 4.91. The Kier molecular flexibility index (Phi) is 11.1. The van der Waals surface area contributed by atoms with Gasteiger partial charge >= 0.3 is 0 Å². The molecule has 1 aliphatic rings. The number of aliphatic hydroxyl groups excluding tert-OH is 1. The molecule has 3 unspecified atom stereocenters. The standard InChI is InChI=1S/C18H36O4/c1-4-7-12-20-16-11-10-15(19)17(21-13-8-5-2)18(16)22-14-9-6-3/h15-19H,4-14H2,1-3H3/t15?,16-,17?,18?/m1/s1. The van der Waals surface area contributed by atoms with Crippen LogP contribution in [0, 0.1) is 0 Å². The molecule has 1 N–H and O–H groups in total. The van der Waals surface area contributed by atoms with Crippen LogP contribution >= 0.6 is 0 Å². The third-order valence-corrected chi connectivity index (χ3v) is 4.26. The second-order valence-electron chi connectivity index (χ2n) is 6.29. The maximum Gasteiger partial charge on any atom is 0.112 e. The summed E-state index contributed by atoms with van der Waals surface area (Å²) in [6, 6.07) is 0. The lowest BCUT2D eigenvalue weighted by Gasteiger charge is -2.40. The number of aliphatic hydroxyl groups is 1. The molecule has 1 fully saturated rings. The van der Waals surface area contributed by atoms with Crippen molar-refractivity contribution < 1.29 is 19.3 Å². The molecule has 1 saturated carbocycles. The Morgan fingerprint density at radius 1 is 0.727 bits per heavy atom. The summed E-state index contributed by atoms with van der Waals surface area (Å²) >= 11 is 0. The topological polar surface area (TPSA) is 47.9 Å². The van der Waals surface area contributed by atoms with Crippen molar-refractivity contribution in [2.45, 2.75) is 96.6 Å². The van der Waals surface area contributed by atoms with Crippen molar-refractivity contribution in [1.29, 1.82) is 0 Å². The third kappa shape index (κ3) is 6.95. The average molecular weight is 316 g/mol. The lowest BCUT2D eigenvalue weighted by atomic mass is 9.89. The van der Waals surface area contributed by atoms with Gasteiger partial charge in [0.05, 0.1) is 12.2 Å². The summed E-state index contributed by atoms with van der Waals surface area (Å²) in [6.45, 7) is 8.64. The zero-order valence-electron chi connectivity index (χ0n) is 14.8. The normalized spacial score (nSPS) is 28.9. The molecule has 0 bridgehead atoms. The van der Waals surface area contributed by atoms with E-state index in [9.17, 15) is 5.11 Å². The lowest BCUT2D eigenvalue weighted by Crippen LogP contribution is -2.53. The van der Waals surface area contributed by atoms with E-state index in [1.165, 1.54) is 0 Å². The van der Waals surface area contributed by atoms with Crippen molar-refractivity contribution in [3.05, 3.63) is 0 Å². The van der Waals surface area contributed by atoms with Crippen LogP contribution in [-0.4, -0.2) is 49.3 Å². The molecule has 0 saturated heterocycles. The predicted octanol–water partition coefficient (Wildman–Crippen LogP) is 3.70. The van der Waals surface area contributed by atoms with E-state index in [1.807, 2.05) is 0 Å². The van der Waals surface area contributed by atoms with Crippen molar-refractivity contribution in [2.24, 2.45) is 0 Å². The summed E-state index contributed by atoms with van der Waals surface area (Å²) in [5, 5.41) is 10.3. The Labute approximate surface area is 136 Å². The zero-order chi connectivity index (χ0) is 16.2. The number of unbranched alkanes of at least 4 members (excludes halogenated alkanes) is 3. The molecule has 0 spiro atoms. The first-order chi connectivity index (χ1) is 10.7. The molecule has 132 valence electrons. The predicted molar refractivity (Wildman–Crippen MR) is 89.2 cm³/mol. The molecule has 0 amide bonds. The first-order valence-electron chi connectivity index (χ1n) is 9.27. The van der Waals surface area contributed by atoms with Gasteiger partial charge in [-0.25, -0.2) is 0 Å². The minimum Gasteiger partial charge on any atom is -0.390 e. The van der Waals surface area contributed by atoms with E-state index in [0.29, 0.717) is 6.61 Å². The Morgan fingerprint density at radius 3 is 1.77 bits per heavy atom. The Bertz CT molecular complexity index is 259. The molecule has 4 heteroatoms. The summed E-state index contributed by atoms with van der Waals surface area (Å²) in [5.41, 5.74) is 0. The van der Waals surface area contributed by atoms with Gasteiger partial charge in [0.15, 0.2) is 0 Å². The fourth-order valence-electron chi connectivity index (χ4n) is 2.79. The van der Waals surface area contributed by atoms with Crippen molar-refractivity contribution >= 4 is 0 Å². The van der Waals surface area contributed by atoms with E-state index in [2.05, 4.69) is 20.8 Å². The molecule has 0 aromatic carbocycles. The minimum absolute atomic E-state index is 0.0541. The van der Waals surface area contributed by atoms with Gasteiger partial charge in [-0.05, 0) is 32.1 Å². The second kappa shape index (κ2) is 12.3. The summed E-state index contributed by atoms with van der Waals surface area (Å²) < 4.78 is 18.1. The monoisotopic (exact) mass is 316 g/mol.